The number of piperidine rings is 1. The van der Waals surface area contributed by atoms with Crippen molar-refractivity contribution in [1.29, 1.82) is 0 Å². The number of guanidine groups is 1. The monoisotopic (exact) mass is 409 g/mol. The zero-order valence-corrected chi connectivity index (χ0v) is 18.3. The van der Waals surface area contributed by atoms with Gasteiger partial charge < -0.3 is 15.2 Å². The highest BCUT2D eigenvalue weighted by Gasteiger charge is 2.40. The number of nitrogens with one attached hydrogen (secondary N) is 2. The molecule has 2 bridgehead atoms. The molecule has 0 radical (unpaired) electrons. The fraction of sp³-hybridized carbons (Fsp3) is 0.609. The number of nitrogens with zero attached hydrogens (tertiary/aromatic N) is 5. The SMILES string of the molecule is CCNC(=NCCn1cnnc1CC)NC1CC2CCC(C1)N2Cc1ccccc1. The smallest absolute Gasteiger partial charge is 0.191 e. The average molecular weight is 410 g/mol. The van der Waals surface area contributed by atoms with Crippen molar-refractivity contribution in [2.75, 3.05) is 13.1 Å². The van der Waals surface area contributed by atoms with Crippen LogP contribution in [-0.4, -0.2) is 56.8 Å². The minimum Gasteiger partial charge on any atom is -0.357 e. The number of aromatic nitrogens is 3. The molecule has 162 valence electrons. The predicted molar refractivity (Wildman–Crippen MR) is 120 cm³/mol. The van der Waals surface area contributed by atoms with Crippen LogP contribution >= 0.6 is 0 Å². The third kappa shape index (κ3) is 5.01. The van der Waals surface area contributed by atoms with Gasteiger partial charge >= 0.3 is 0 Å². The van der Waals surface area contributed by atoms with Crippen LogP contribution in [0.2, 0.25) is 0 Å². The molecule has 0 aliphatic carbocycles. The number of hydrogen-bond acceptors (Lipinski definition) is 4. The van der Waals surface area contributed by atoms with Gasteiger partial charge in [0, 0.05) is 44.2 Å². The number of hydrogen-bond donors (Lipinski definition) is 2. The lowest BCUT2D eigenvalue weighted by Gasteiger charge is -2.39. The van der Waals surface area contributed by atoms with Crippen LogP contribution in [0.25, 0.3) is 0 Å². The first kappa shape index (κ1) is 20.8. The maximum Gasteiger partial charge on any atom is 0.191 e. The summed E-state index contributed by atoms with van der Waals surface area (Å²) in [5.74, 6) is 1.95. The van der Waals surface area contributed by atoms with E-state index in [-0.39, 0.29) is 0 Å². The summed E-state index contributed by atoms with van der Waals surface area (Å²) in [7, 11) is 0. The van der Waals surface area contributed by atoms with Gasteiger partial charge in [0.1, 0.15) is 12.2 Å². The van der Waals surface area contributed by atoms with Crippen LogP contribution in [0.15, 0.2) is 41.7 Å². The predicted octanol–water partition coefficient (Wildman–Crippen LogP) is 2.59. The van der Waals surface area contributed by atoms with Crippen molar-refractivity contribution in [3.05, 3.63) is 48.0 Å². The Morgan fingerprint density at radius 1 is 1.13 bits per heavy atom. The molecule has 7 heteroatoms. The van der Waals surface area contributed by atoms with Crippen molar-refractivity contribution >= 4 is 5.96 Å². The molecule has 2 saturated heterocycles. The van der Waals surface area contributed by atoms with Crippen LogP contribution in [0.5, 0.6) is 0 Å². The Labute approximate surface area is 180 Å². The highest BCUT2D eigenvalue weighted by molar-refractivity contribution is 5.80. The van der Waals surface area contributed by atoms with Crippen LogP contribution in [0, 0.1) is 0 Å². The van der Waals surface area contributed by atoms with Crippen LogP contribution in [0.1, 0.15) is 50.9 Å². The zero-order valence-electron chi connectivity index (χ0n) is 18.3. The van der Waals surface area contributed by atoms with Crippen molar-refractivity contribution < 1.29 is 0 Å². The van der Waals surface area contributed by atoms with Crippen molar-refractivity contribution in [2.24, 2.45) is 4.99 Å². The second kappa shape index (κ2) is 10.1. The second-order valence-electron chi connectivity index (χ2n) is 8.41. The van der Waals surface area contributed by atoms with Gasteiger partial charge in [-0.2, -0.15) is 0 Å². The van der Waals surface area contributed by atoms with E-state index in [2.05, 4.69) is 74.5 Å². The van der Waals surface area contributed by atoms with Gasteiger partial charge in [-0.05, 0) is 38.2 Å². The summed E-state index contributed by atoms with van der Waals surface area (Å²) in [5.41, 5.74) is 1.43. The van der Waals surface area contributed by atoms with Crippen molar-refractivity contribution in [2.45, 2.75) is 77.2 Å². The minimum absolute atomic E-state index is 0.494. The van der Waals surface area contributed by atoms with Gasteiger partial charge in [0.25, 0.3) is 0 Å². The third-order valence-corrected chi connectivity index (χ3v) is 6.40. The first-order valence-electron chi connectivity index (χ1n) is 11.5. The Morgan fingerprint density at radius 2 is 1.90 bits per heavy atom. The highest BCUT2D eigenvalue weighted by atomic mass is 15.3. The lowest BCUT2D eigenvalue weighted by molar-refractivity contribution is 0.114. The summed E-state index contributed by atoms with van der Waals surface area (Å²) in [5, 5.41) is 15.3. The maximum absolute atomic E-state index is 4.82. The third-order valence-electron chi connectivity index (χ3n) is 6.40. The molecule has 2 N–H and O–H groups in total. The Bertz CT molecular complexity index is 802. The van der Waals surface area contributed by atoms with Gasteiger partial charge in [0.2, 0.25) is 0 Å². The minimum atomic E-state index is 0.494. The molecule has 2 fully saturated rings. The van der Waals surface area contributed by atoms with Crippen molar-refractivity contribution in [1.82, 2.24) is 30.3 Å². The lowest BCUT2D eigenvalue weighted by Crippen LogP contribution is -2.52. The van der Waals surface area contributed by atoms with E-state index in [9.17, 15) is 0 Å². The van der Waals surface area contributed by atoms with Crippen LogP contribution in [0.3, 0.4) is 0 Å². The molecule has 4 rings (SSSR count). The van der Waals surface area contributed by atoms with E-state index in [0.717, 1.165) is 44.4 Å². The van der Waals surface area contributed by atoms with Gasteiger partial charge in [0.05, 0.1) is 6.54 Å². The standard InChI is InChI=1S/C23H35N7/c1-3-22-28-26-17-29(22)13-12-25-23(24-4-2)27-19-14-20-10-11-21(15-19)30(20)16-18-8-6-5-7-9-18/h5-9,17,19-21H,3-4,10-16H2,1-2H3,(H2,24,25,27). The number of aryl methyl sites for hydroxylation is 1. The first-order valence-corrected chi connectivity index (χ1v) is 11.5. The summed E-state index contributed by atoms with van der Waals surface area (Å²) < 4.78 is 2.09. The molecule has 2 unspecified atom stereocenters. The van der Waals surface area contributed by atoms with Crippen LogP contribution < -0.4 is 10.6 Å². The molecule has 2 aromatic rings. The summed E-state index contributed by atoms with van der Waals surface area (Å²) >= 11 is 0. The molecule has 3 heterocycles. The molecular formula is C23H35N7. The fourth-order valence-corrected chi connectivity index (χ4v) is 4.97. The number of aliphatic imine (C=N–C) groups is 1. The summed E-state index contributed by atoms with van der Waals surface area (Å²) in [4.78, 5) is 7.55. The van der Waals surface area contributed by atoms with E-state index in [1.165, 1.54) is 31.2 Å². The molecule has 30 heavy (non-hydrogen) atoms. The Balaban J connectivity index is 1.32. The van der Waals surface area contributed by atoms with Gasteiger partial charge in [0.15, 0.2) is 5.96 Å². The molecule has 7 nitrogen and oxygen atoms in total. The maximum atomic E-state index is 4.82. The van der Waals surface area contributed by atoms with Crippen molar-refractivity contribution in [3.8, 4) is 0 Å². The van der Waals surface area contributed by atoms with Crippen molar-refractivity contribution in [3.63, 3.8) is 0 Å². The van der Waals surface area contributed by atoms with Gasteiger partial charge in [-0.3, -0.25) is 9.89 Å². The van der Waals surface area contributed by atoms with E-state index >= 15 is 0 Å². The second-order valence-corrected chi connectivity index (χ2v) is 8.41. The molecule has 0 saturated carbocycles. The highest BCUT2D eigenvalue weighted by Crippen LogP contribution is 2.36. The normalized spacial score (nSPS) is 24.2. The summed E-state index contributed by atoms with van der Waals surface area (Å²) in [6.07, 6.45) is 7.72. The van der Waals surface area contributed by atoms with Gasteiger partial charge in [-0.25, -0.2) is 0 Å². The van der Waals surface area contributed by atoms with E-state index in [1.807, 2.05) is 0 Å². The zero-order chi connectivity index (χ0) is 20.8. The van der Waals surface area contributed by atoms with E-state index in [0.29, 0.717) is 18.1 Å². The molecule has 2 atom stereocenters. The Morgan fingerprint density at radius 3 is 2.60 bits per heavy atom. The van der Waals surface area contributed by atoms with E-state index < -0.39 is 0 Å². The van der Waals surface area contributed by atoms with E-state index in [1.54, 1.807) is 6.33 Å². The summed E-state index contributed by atoms with van der Waals surface area (Å²) in [6, 6.07) is 12.7. The molecule has 0 amide bonds. The topological polar surface area (TPSA) is 70.4 Å². The number of rotatable bonds is 8. The van der Waals surface area contributed by atoms with Gasteiger partial charge in [-0.1, -0.05) is 37.3 Å². The molecular weight excluding hydrogens is 374 g/mol. The molecule has 1 aromatic carbocycles. The number of benzene rings is 1. The Kier molecular flexibility index (Phi) is 7.00. The van der Waals surface area contributed by atoms with Crippen LogP contribution in [-0.2, 0) is 19.5 Å². The van der Waals surface area contributed by atoms with Gasteiger partial charge in [-0.15, -0.1) is 10.2 Å². The lowest BCUT2D eigenvalue weighted by atomic mass is 9.96. The number of fused-ring (bicyclic) bond motifs is 2. The molecule has 2 aliphatic heterocycles. The first-order chi connectivity index (χ1) is 14.8. The fourth-order valence-electron chi connectivity index (χ4n) is 4.97. The largest absolute Gasteiger partial charge is 0.357 e. The summed E-state index contributed by atoms with van der Waals surface area (Å²) in [6.45, 7) is 7.72. The van der Waals surface area contributed by atoms with E-state index in [4.69, 9.17) is 4.99 Å². The quantitative estimate of drug-likeness (QED) is 0.518. The Hall–Kier alpha value is -2.41. The van der Waals surface area contributed by atoms with Crippen LogP contribution in [0.4, 0.5) is 0 Å². The average Bonchev–Trinajstić information content (AvgIpc) is 3.30. The molecule has 0 spiro atoms. The molecule has 2 aliphatic rings. The molecule has 1 aromatic heterocycles.